The van der Waals surface area contributed by atoms with Gasteiger partial charge in [-0.2, -0.15) is 0 Å². The van der Waals surface area contributed by atoms with Gasteiger partial charge in [0.25, 0.3) is 0 Å². The van der Waals surface area contributed by atoms with Crippen LogP contribution in [-0.4, -0.2) is 25.6 Å². The molecular formula is C26H30O4. The summed E-state index contributed by atoms with van der Waals surface area (Å²) in [5.41, 5.74) is 2.97. The topological polar surface area (TPSA) is 44.8 Å². The van der Waals surface area contributed by atoms with Crippen molar-refractivity contribution >= 4 is 11.9 Å². The number of methoxy groups -OCH3 is 2. The fraction of sp³-hybridized carbons (Fsp3) is 0.423. The molecule has 0 N–H and O–H groups in total. The molecule has 0 bridgehead atoms. The summed E-state index contributed by atoms with van der Waals surface area (Å²) in [6.07, 6.45) is 3.37. The van der Waals surface area contributed by atoms with Crippen LogP contribution in [0.1, 0.15) is 43.9 Å². The lowest BCUT2D eigenvalue weighted by atomic mass is 9.57. The van der Waals surface area contributed by atoms with Crippen molar-refractivity contribution in [3.05, 3.63) is 64.7 Å². The molecule has 4 nitrogen and oxygen atoms in total. The highest BCUT2D eigenvalue weighted by molar-refractivity contribution is 6.04. The van der Waals surface area contributed by atoms with Gasteiger partial charge in [0.15, 0.2) is 17.3 Å². The van der Waals surface area contributed by atoms with Crippen molar-refractivity contribution in [2.75, 3.05) is 14.2 Å². The second-order valence-electron chi connectivity index (χ2n) is 9.20. The van der Waals surface area contributed by atoms with Crippen LogP contribution >= 0.6 is 0 Å². The van der Waals surface area contributed by atoms with Gasteiger partial charge in [-0.25, -0.2) is 0 Å². The third kappa shape index (κ3) is 3.43. The van der Waals surface area contributed by atoms with Crippen molar-refractivity contribution in [1.82, 2.24) is 0 Å². The standard InChI is InChI=1S/C26H30O4/c1-25(2)22-14-19-12-18(16-28-4)13-21(29-5)23(19)30-26(22,3)15-20(24(25)27)11-17-9-7-6-8-10-17/h6-13,22H,14-16H2,1-5H3/b20-11+/t22-,26-/m1/s1. The number of fused-ring (bicyclic) bond motifs is 2. The SMILES string of the molecule is COCc1cc2c(c(OC)c1)O[C@]1(C)C/C(=C\c3ccccc3)C(=O)C(C)(C)[C@H]1C2. The highest BCUT2D eigenvalue weighted by Gasteiger charge is 2.56. The van der Waals surface area contributed by atoms with Crippen LogP contribution in [-0.2, 0) is 22.6 Å². The molecule has 1 fully saturated rings. The lowest BCUT2D eigenvalue weighted by Crippen LogP contribution is -2.58. The predicted molar refractivity (Wildman–Crippen MR) is 118 cm³/mol. The molecule has 4 heteroatoms. The fourth-order valence-electron chi connectivity index (χ4n) is 5.21. The Bertz CT molecular complexity index is 990. The smallest absolute Gasteiger partial charge is 0.165 e. The highest BCUT2D eigenvalue weighted by atomic mass is 16.5. The van der Waals surface area contributed by atoms with Crippen molar-refractivity contribution in [3.63, 3.8) is 0 Å². The van der Waals surface area contributed by atoms with Crippen molar-refractivity contribution in [1.29, 1.82) is 0 Å². The van der Waals surface area contributed by atoms with Crippen molar-refractivity contribution in [3.8, 4) is 11.5 Å². The van der Waals surface area contributed by atoms with Gasteiger partial charge in [0.05, 0.1) is 13.7 Å². The Balaban J connectivity index is 1.78. The van der Waals surface area contributed by atoms with E-state index in [4.69, 9.17) is 14.2 Å². The third-order valence-corrected chi connectivity index (χ3v) is 6.65. The van der Waals surface area contributed by atoms with Gasteiger partial charge < -0.3 is 14.2 Å². The molecular weight excluding hydrogens is 376 g/mol. The lowest BCUT2D eigenvalue weighted by molar-refractivity contribution is -0.140. The molecule has 2 aromatic carbocycles. The molecule has 1 aliphatic carbocycles. The molecule has 1 heterocycles. The van der Waals surface area contributed by atoms with E-state index in [2.05, 4.69) is 26.8 Å². The molecule has 1 aliphatic heterocycles. The molecule has 2 atom stereocenters. The summed E-state index contributed by atoms with van der Waals surface area (Å²) in [5, 5.41) is 0. The Morgan fingerprint density at radius 3 is 2.53 bits per heavy atom. The maximum atomic E-state index is 13.5. The summed E-state index contributed by atoms with van der Waals surface area (Å²) in [7, 11) is 3.35. The van der Waals surface area contributed by atoms with Gasteiger partial charge in [-0.15, -0.1) is 0 Å². The average Bonchev–Trinajstić information content (AvgIpc) is 2.72. The van der Waals surface area contributed by atoms with E-state index in [9.17, 15) is 4.79 Å². The van der Waals surface area contributed by atoms with Gasteiger partial charge in [0.2, 0.25) is 0 Å². The zero-order chi connectivity index (χ0) is 21.5. The van der Waals surface area contributed by atoms with Crippen LogP contribution in [0.5, 0.6) is 11.5 Å². The Kier molecular flexibility index (Phi) is 5.23. The van der Waals surface area contributed by atoms with Crippen molar-refractivity contribution in [2.24, 2.45) is 11.3 Å². The molecule has 4 rings (SSSR count). The highest BCUT2D eigenvalue weighted by Crippen LogP contribution is 2.55. The van der Waals surface area contributed by atoms with E-state index in [0.29, 0.717) is 13.0 Å². The summed E-state index contributed by atoms with van der Waals surface area (Å²) < 4.78 is 17.6. The zero-order valence-electron chi connectivity index (χ0n) is 18.5. The molecule has 1 saturated carbocycles. The van der Waals surface area contributed by atoms with E-state index < -0.39 is 11.0 Å². The molecule has 0 unspecified atom stereocenters. The number of benzene rings is 2. The monoisotopic (exact) mass is 406 g/mol. The zero-order valence-corrected chi connectivity index (χ0v) is 18.5. The van der Waals surface area contributed by atoms with E-state index in [1.807, 2.05) is 42.5 Å². The van der Waals surface area contributed by atoms with E-state index in [0.717, 1.165) is 40.2 Å². The maximum absolute atomic E-state index is 13.5. The molecule has 0 radical (unpaired) electrons. The minimum Gasteiger partial charge on any atom is -0.493 e. The predicted octanol–water partition coefficient (Wildman–Crippen LogP) is 5.23. The van der Waals surface area contributed by atoms with Gasteiger partial charge in [-0.1, -0.05) is 44.2 Å². The molecule has 0 aromatic heterocycles. The molecule has 2 aromatic rings. The van der Waals surface area contributed by atoms with E-state index in [-0.39, 0.29) is 11.7 Å². The Morgan fingerprint density at radius 1 is 1.13 bits per heavy atom. The summed E-state index contributed by atoms with van der Waals surface area (Å²) in [4.78, 5) is 13.5. The van der Waals surface area contributed by atoms with Crippen LogP contribution in [0, 0.1) is 11.3 Å². The van der Waals surface area contributed by atoms with Crippen LogP contribution < -0.4 is 9.47 Å². The minimum absolute atomic E-state index is 0.0698. The number of carbonyl (C=O) groups excluding carboxylic acids is 1. The first-order chi connectivity index (χ1) is 14.3. The fourth-order valence-corrected chi connectivity index (χ4v) is 5.21. The van der Waals surface area contributed by atoms with Crippen LogP contribution in [0.3, 0.4) is 0 Å². The molecule has 30 heavy (non-hydrogen) atoms. The molecule has 158 valence electrons. The van der Waals surface area contributed by atoms with Crippen LogP contribution in [0.2, 0.25) is 0 Å². The van der Waals surface area contributed by atoms with E-state index in [1.54, 1.807) is 14.2 Å². The third-order valence-electron chi connectivity index (χ3n) is 6.65. The van der Waals surface area contributed by atoms with Gasteiger partial charge in [0, 0.05) is 30.4 Å². The second kappa shape index (κ2) is 7.59. The number of ether oxygens (including phenoxy) is 3. The van der Waals surface area contributed by atoms with Crippen molar-refractivity contribution in [2.45, 2.75) is 45.8 Å². The van der Waals surface area contributed by atoms with Gasteiger partial charge >= 0.3 is 0 Å². The number of Topliss-reactive ketones (excluding diaryl/α,β-unsaturated/α-hetero) is 1. The van der Waals surface area contributed by atoms with E-state index >= 15 is 0 Å². The summed E-state index contributed by atoms with van der Waals surface area (Å²) in [6, 6.07) is 14.1. The summed E-state index contributed by atoms with van der Waals surface area (Å²) in [5.74, 6) is 1.80. The largest absolute Gasteiger partial charge is 0.493 e. The second-order valence-corrected chi connectivity index (χ2v) is 9.20. The summed E-state index contributed by atoms with van der Waals surface area (Å²) in [6.45, 7) is 6.76. The van der Waals surface area contributed by atoms with Gasteiger partial charge in [-0.05, 0) is 48.2 Å². The van der Waals surface area contributed by atoms with Gasteiger partial charge in [-0.3, -0.25) is 4.79 Å². The Hall–Kier alpha value is -2.59. The first-order valence-corrected chi connectivity index (χ1v) is 10.5. The maximum Gasteiger partial charge on any atom is 0.165 e. The van der Waals surface area contributed by atoms with E-state index in [1.165, 1.54) is 0 Å². The first-order valence-electron chi connectivity index (χ1n) is 10.5. The Morgan fingerprint density at radius 2 is 1.87 bits per heavy atom. The lowest BCUT2D eigenvalue weighted by Gasteiger charge is -2.53. The van der Waals surface area contributed by atoms with Gasteiger partial charge in [0.1, 0.15) is 5.60 Å². The van der Waals surface area contributed by atoms with Crippen molar-refractivity contribution < 1.29 is 19.0 Å². The number of hydrogen-bond acceptors (Lipinski definition) is 4. The first kappa shape index (κ1) is 20.7. The summed E-state index contributed by atoms with van der Waals surface area (Å²) >= 11 is 0. The van der Waals surface area contributed by atoms with Crippen LogP contribution in [0.4, 0.5) is 0 Å². The number of ketones is 1. The number of carbonyl (C=O) groups is 1. The average molecular weight is 407 g/mol. The Labute approximate surface area is 178 Å². The molecule has 0 amide bonds. The molecule has 2 aliphatic rings. The molecule has 0 spiro atoms. The molecule has 0 saturated heterocycles. The normalized spacial score (nSPS) is 26.0. The number of rotatable bonds is 4. The van der Waals surface area contributed by atoms with Crippen LogP contribution in [0.15, 0.2) is 48.0 Å². The van der Waals surface area contributed by atoms with Crippen LogP contribution in [0.25, 0.3) is 6.08 Å². The number of hydrogen-bond donors (Lipinski definition) is 0. The minimum atomic E-state index is -0.532. The quantitative estimate of drug-likeness (QED) is 0.652.